The van der Waals surface area contributed by atoms with Gasteiger partial charge in [-0.05, 0) is 48.4 Å². The fraction of sp³-hybridized carbons (Fsp3) is 0.290. The molecule has 1 aliphatic carbocycles. The molecule has 3 heterocycles. The molecule has 2 amide bonds. The number of fused-ring (bicyclic) bond motifs is 1. The first-order chi connectivity index (χ1) is 20.9. The van der Waals surface area contributed by atoms with Gasteiger partial charge in [0.1, 0.15) is 29.5 Å². The number of rotatable bonds is 10. The van der Waals surface area contributed by atoms with Crippen molar-refractivity contribution in [2.45, 2.75) is 37.3 Å². The maximum absolute atomic E-state index is 13.7. The summed E-state index contributed by atoms with van der Waals surface area (Å²) in [6.07, 6.45) is 2.85. The molecule has 3 aliphatic rings. The van der Waals surface area contributed by atoms with Gasteiger partial charge in [0.25, 0.3) is 11.8 Å². The number of carbonyl (C=O) groups excluding carboxylic acids is 3. The van der Waals surface area contributed by atoms with E-state index in [-0.39, 0.29) is 23.1 Å². The minimum atomic E-state index is -0.901. The topological polar surface area (TPSA) is 149 Å². The predicted octanol–water partition coefficient (Wildman–Crippen LogP) is 3.20. The smallest absolute Gasteiger partial charge is 0.356 e. The van der Waals surface area contributed by atoms with E-state index in [1.165, 1.54) is 28.9 Å². The molecule has 12 heteroatoms. The minimum absolute atomic E-state index is 0.0129. The second kappa shape index (κ2) is 12.3. The first kappa shape index (κ1) is 28.4. The number of anilines is 1. The van der Waals surface area contributed by atoms with E-state index >= 15 is 0 Å². The molecule has 6 rings (SSSR count). The van der Waals surface area contributed by atoms with Crippen LogP contribution >= 0.6 is 11.8 Å². The van der Waals surface area contributed by atoms with Crippen LogP contribution in [0.5, 0.6) is 0 Å². The number of thioether (sulfide) groups is 1. The van der Waals surface area contributed by atoms with Crippen LogP contribution in [0.2, 0.25) is 0 Å². The van der Waals surface area contributed by atoms with E-state index in [1.54, 1.807) is 6.92 Å². The lowest BCUT2D eigenvalue weighted by Gasteiger charge is -2.49. The number of nitrogens with zero attached hydrogens (tertiary/aromatic N) is 4. The molecule has 220 valence electrons. The average molecular weight is 599 g/mol. The van der Waals surface area contributed by atoms with Crippen molar-refractivity contribution in [3.63, 3.8) is 0 Å². The number of aromatic nitrogens is 2. The van der Waals surface area contributed by atoms with Crippen LogP contribution in [0.3, 0.4) is 0 Å². The highest BCUT2D eigenvalue weighted by Gasteiger charge is 2.54. The van der Waals surface area contributed by atoms with E-state index in [0.717, 1.165) is 24.0 Å². The predicted molar refractivity (Wildman–Crippen MR) is 160 cm³/mol. The van der Waals surface area contributed by atoms with Gasteiger partial charge in [-0.3, -0.25) is 14.5 Å². The van der Waals surface area contributed by atoms with Gasteiger partial charge in [-0.2, -0.15) is 0 Å². The Balaban J connectivity index is 1.19. The van der Waals surface area contributed by atoms with E-state index in [9.17, 15) is 14.4 Å². The fourth-order valence-corrected chi connectivity index (χ4v) is 6.17. The number of ether oxygens (including phenoxy) is 1. The summed E-state index contributed by atoms with van der Waals surface area (Å²) in [5.74, 6) is -0.677. The van der Waals surface area contributed by atoms with Crippen LogP contribution in [0.25, 0.3) is 0 Å². The molecule has 3 N–H and O–H groups in total. The molecule has 2 atom stereocenters. The molecular formula is C31H30N6O5S. The Bertz CT molecular complexity index is 1550. The number of nitrogen functional groups attached to an aromatic ring is 1. The number of carbonyl (C=O) groups is 3. The second-order valence-electron chi connectivity index (χ2n) is 10.6. The SMILES string of the molecule is CC1=C(C(=O)OC(c2ccccc2)c2ccccc2)N2C(=O)[C@@H](NC(=O)/C(=N\OCC3CC3)c3nccc(N)n3)[C@H]2SC1. The molecule has 0 bridgehead atoms. The summed E-state index contributed by atoms with van der Waals surface area (Å²) in [7, 11) is 0. The molecule has 0 unspecified atom stereocenters. The van der Waals surface area contributed by atoms with E-state index in [2.05, 4.69) is 20.4 Å². The third-order valence-electron chi connectivity index (χ3n) is 7.34. The van der Waals surface area contributed by atoms with Crippen LogP contribution < -0.4 is 11.1 Å². The van der Waals surface area contributed by atoms with Crippen molar-refractivity contribution in [1.29, 1.82) is 0 Å². The zero-order valence-electron chi connectivity index (χ0n) is 23.4. The summed E-state index contributed by atoms with van der Waals surface area (Å²) in [4.78, 5) is 55.6. The summed E-state index contributed by atoms with van der Waals surface area (Å²) in [6.45, 7) is 2.17. The third kappa shape index (κ3) is 6.09. The Morgan fingerprint density at radius 3 is 2.40 bits per heavy atom. The van der Waals surface area contributed by atoms with Crippen molar-refractivity contribution in [3.05, 3.63) is 101 Å². The normalized spacial score (nSPS) is 19.9. The van der Waals surface area contributed by atoms with Gasteiger partial charge in [-0.25, -0.2) is 14.8 Å². The lowest BCUT2D eigenvalue weighted by Crippen LogP contribution is -2.71. The number of hydrogen-bond acceptors (Lipinski definition) is 10. The van der Waals surface area contributed by atoms with Crippen molar-refractivity contribution in [2.75, 3.05) is 18.1 Å². The highest BCUT2D eigenvalue weighted by atomic mass is 32.2. The first-order valence-electron chi connectivity index (χ1n) is 14.0. The van der Waals surface area contributed by atoms with Gasteiger partial charge in [0.05, 0.1) is 0 Å². The highest BCUT2D eigenvalue weighted by molar-refractivity contribution is 8.00. The van der Waals surface area contributed by atoms with Gasteiger partial charge in [0.2, 0.25) is 5.71 Å². The summed E-state index contributed by atoms with van der Waals surface area (Å²) >= 11 is 1.45. The molecule has 3 aromatic rings. The number of hydrogen-bond donors (Lipinski definition) is 2. The van der Waals surface area contributed by atoms with Crippen LogP contribution in [0.15, 0.2) is 89.4 Å². The van der Waals surface area contributed by atoms with E-state index in [4.69, 9.17) is 15.3 Å². The van der Waals surface area contributed by atoms with Gasteiger partial charge in [-0.1, -0.05) is 65.8 Å². The largest absolute Gasteiger partial charge is 0.448 e. The van der Waals surface area contributed by atoms with E-state index in [1.807, 2.05) is 60.7 Å². The van der Waals surface area contributed by atoms with Crippen LogP contribution in [0.1, 0.15) is 42.8 Å². The van der Waals surface area contributed by atoms with E-state index in [0.29, 0.717) is 23.9 Å². The molecule has 2 fully saturated rings. The lowest BCUT2D eigenvalue weighted by atomic mass is 10.0. The van der Waals surface area contributed by atoms with E-state index < -0.39 is 35.3 Å². The molecular weight excluding hydrogens is 568 g/mol. The standard InChI is InChI=1S/C31H30N6O5S/c1-18-17-43-30-24(35-28(38)23(36-41-16-19-12-13-19)27-33-15-14-22(32)34-27)29(39)37(30)25(18)31(40)42-26(20-8-4-2-5-9-20)21-10-6-3-7-11-21/h2-11,14-15,19,24,26,30H,12-13,16-17H2,1H3,(H,35,38)(H2,32,33,34)/b36-23-/t24-,30-/m1/s1. The number of amides is 2. The maximum atomic E-state index is 13.7. The number of esters is 1. The lowest BCUT2D eigenvalue weighted by molar-refractivity contribution is -0.154. The van der Waals surface area contributed by atoms with Crippen LogP contribution in [-0.2, 0) is 24.0 Å². The average Bonchev–Trinajstić information content (AvgIpc) is 3.86. The number of nitrogens with two attached hydrogens (primary N) is 1. The molecule has 11 nitrogen and oxygen atoms in total. The van der Waals surface area contributed by atoms with Gasteiger partial charge in [-0.15, -0.1) is 11.8 Å². The quantitative estimate of drug-likeness (QED) is 0.155. The van der Waals surface area contributed by atoms with Crippen molar-refractivity contribution in [2.24, 2.45) is 11.1 Å². The zero-order chi connectivity index (χ0) is 29.9. The molecule has 1 saturated heterocycles. The van der Waals surface area contributed by atoms with Gasteiger partial charge in [0, 0.05) is 11.9 Å². The summed E-state index contributed by atoms with van der Waals surface area (Å²) < 4.78 is 6.07. The highest BCUT2D eigenvalue weighted by Crippen LogP contribution is 2.41. The molecule has 1 saturated carbocycles. The monoisotopic (exact) mass is 598 g/mol. The Hall–Kier alpha value is -4.71. The van der Waals surface area contributed by atoms with Gasteiger partial charge >= 0.3 is 5.97 Å². The molecule has 2 aliphatic heterocycles. The number of oxime groups is 1. The molecule has 43 heavy (non-hydrogen) atoms. The molecule has 0 spiro atoms. The Labute approximate surface area is 252 Å². The van der Waals surface area contributed by atoms with Gasteiger partial charge < -0.3 is 20.6 Å². The summed E-state index contributed by atoms with van der Waals surface area (Å²) in [5, 5.41) is 6.25. The van der Waals surface area contributed by atoms with Crippen molar-refractivity contribution in [1.82, 2.24) is 20.2 Å². The number of benzene rings is 2. The third-order valence-corrected chi connectivity index (χ3v) is 8.76. The molecule has 1 aromatic heterocycles. The van der Waals surface area contributed by atoms with Gasteiger partial charge in [0.15, 0.2) is 11.9 Å². The maximum Gasteiger partial charge on any atom is 0.356 e. The Morgan fingerprint density at radius 1 is 1.09 bits per heavy atom. The summed E-state index contributed by atoms with van der Waals surface area (Å²) in [5.41, 5.74) is 8.15. The van der Waals surface area contributed by atoms with Crippen molar-refractivity contribution >= 4 is 41.1 Å². The fourth-order valence-electron chi connectivity index (χ4n) is 4.88. The summed E-state index contributed by atoms with van der Waals surface area (Å²) in [6, 6.07) is 19.5. The minimum Gasteiger partial charge on any atom is -0.448 e. The van der Waals surface area contributed by atoms with Crippen LogP contribution in [0.4, 0.5) is 5.82 Å². The van der Waals surface area contributed by atoms with Crippen LogP contribution in [-0.4, -0.2) is 62.1 Å². The number of nitrogens with one attached hydrogen (secondary N) is 1. The Kier molecular flexibility index (Phi) is 8.10. The van der Waals surface area contributed by atoms with Crippen LogP contribution in [0, 0.1) is 5.92 Å². The zero-order valence-corrected chi connectivity index (χ0v) is 24.2. The second-order valence-corrected chi connectivity index (χ2v) is 11.7. The molecule has 0 radical (unpaired) electrons. The van der Waals surface area contributed by atoms with Crippen molar-refractivity contribution < 1.29 is 24.0 Å². The Morgan fingerprint density at radius 2 is 1.77 bits per heavy atom. The number of β-lactam (4-membered cyclic amide) rings is 1. The molecule has 2 aromatic carbocycles. The first-order valence-corrected chi connectivity index (χ1v) is 15.0. The van der Waals surface area contributed by atoms with Crippen molar-refractivity contribution in [3.8, 4) is 0 Å².